The van der Waals surface area contributed by atoms with Crippen LogP contribution in [0.25, 0.3) is 0 Å². The number of anilines is 2. The maximum absolute atomic E-state index is 5.18. The van der Waals surface area contributed by atoms with E-state index in [-0.39, 0.29) is 0 Å². The second kappa shape index (κ2) is 7.54. The van der Waals surface area contributed by atoms with Gasteiger partial charge in [-0.05, 0) is 29.8 Å². The van der Waals surface area contributed by atoms with Gasteiger partial charge in [0.1, 0.15) is 5.75 Å². The molecule has 26 heavy (non-hydrogen) atoms. The van der Waals surface area contributed by atoms with Crippen molar-refractivity contribution in [2.75, 3.05) is 19.0 Å². The zero-order valence-electron chi connectivity index (χ0n) is 14.9. The number of methoxy groups -OCH3 is 1. The van der Waals surface area contributed by atoms with Crippen LogP contribution in [0.3, 0.4) is 0 Å². The van der Waals surface area contributed by atoms with Crippen molar-refractivity contribution in [3.63, 3.8) is 0 Å². The zero-order chi connectivity index (χ0) is 17.8. The van der Waals surface area contributed by atoms with Crippen molar-refractivity contribution in [1.29, 1.82) is 0 Å². The molecule has 0 bridgehead atoms. The molecule has 0 unspecified atom stereocenters. The fraction of sp³-hybridized carbons (Fsp3) is 0.238. The molecule has 0 saturated carbocycles. The van der Waals surface area contributed by atoms with Crippen LogP contribution in [-0.4, -0.2) is 28.5 Å². The van der Waals surface area contributed by atoms with E-state index in [1.807, 2.05) is 30.5 Å². The molecule has 0 spiro atoms. The number of hydrogen-bond donors (Lipinski definition) is 1. The van der Waals surface area contributed by atoms with E-state index in [4.69, 9.17) is 9.72 Å². The summed E-state index contributed by atoms with van der Waals surface area (Å²) in [5, 5.41) is 3.27. The zero-order valence-corrected chi connectivity index (χ0v) is 14.9. The Hall–Kier alpha value is -2.92. The van der Waals surface area contributed by atoms with Crippen LogP contribution in [0.4, 0.5) is 11.6 Å². The Morgan fingerprint density at radius 3 is 2.65 bits per heavy atom. The molecule has 3 aromatic rings. The lowest BCUT2D eigenvalue weighted by Crippen LogP contribution is -2.31. The molecule has 2 heterocycles. The molecule has 0 saturated heterocycles. The summed E-state index contributed by atoms with van der Waals surface area (Å²) in [6.07, 6.45) is 2.90. The number of ether oxygens (including phenoxy) is 1. The summed E-state index contributed by atoms with van der Waals surface area (Å²) in [6.45, 7) is 2.88. The van der Waals surface area contributed by atoms with Crippen LogP contribution in [0.1, 0.15) is 16.8 Å². The predicted octanol–water partition coefficient (Wildman–Crippen LogP) is 3.79. The highest BCUT2D eigenvalue weighted by Crippen LogP contribution is 2.22. The number of nitrogens with zero attached hydrogens (tertiary/aromatic N) is 3. The van der Waals surface area contributed by atoms with E-state index in [0.717, 1.165) is 43.2 Å². The molecule has 1 N–H and O–H groups in total. The van der Waals surface area contributed by atoms with E-state index >= 15 is 0 Å². The van der Waals surface area contributed by atoms with Crippen molar-refractivity contribution in [3.05, 3.63) is 77.6 Å². The Morgan fingerprint density at radius 2 is 1.88 bits per heavy atom. The minimum Gasteiger partial charge on any atom is -0.497 e. The molecule has 0 atom stereocenters. The van der Waals surface area contributed by atoms with Gasteiger partial charge >= 0.3 is 0 Å². The van der Waals surface area contributed by atoms with Crippen LogP contribution in [-0.2, 0) is 19.5 Å². The largest absolute Gasteiger partial charge is 0.497 e. The van der Waals surface area contributed by atoms with Gasteiger partial charge in [0.05, 0.1) is 12.8 Å². The molecule has 0 amide bonds. The van der Waals surface area contributed by atoms with Crippen LogP contribution >= 0.6 is 0 Å². The molecule has 1 aliphatic rings. The van der Waals surface area contributed by atoms with Crippen molar-refractivity contribution < 1.29 is 4.74 Å². The molecule has 2 aromatic carbocycles. The predicted molar refractivity (Wildman–Crippen MR) is 103 cm³/mol. The fourth-order valence-corrected chi connectivity index (χ4v) is 3.21. The van der Waals surface area contributed by atoms with E-state index < -0.39 is 0 Å². The van der Waals surface area contributed by atoms with Gasteiger partial charge in [0.25, 0.3) is 0 Å². The second-order valence-electron chi connectivity index (χ2n) is 6.47. The first-order chi connectivity index (χ1) is 12.8. The van der Waals surface area contributed by atoms with Gasteiger partial charge in [0, 0.05) is 43.5 Å². The van der Waals surface area contributed by atoms with Crippen LogP contribution in [0.5, 0.6) is 5.75 Å². The highest BCUT2D eigenvalue weighted by atomic mass is 16.5. The number of hydrogen-bond acceptors (Lipinski definition) is 5. The van der Waals surface area contributed by atoms with Crippen LogP contribution in [0.2, 0.25) is 0 Å². The monoisotopic (exact) mass is 346 g/mol. The SMILES string of the molecule is COc1ccc(Nc2ncc3c(n2)CCN(Cc2ccccc2)C3)cc1. The summed E-state index contributed by atoms with van der Waals surface area (Å²) in [5.74, 6) is 1.48. The Bertz CT molecular complexity index is 865. The number of aromatic nitrogens is 2. The minimum absolute atomic E-state index is 0.644. The average molecular weight is 346 g/mol. The molecule has 132 valence electrons. The quantitative estimate of drug-likeness (QED) is 0.762. The van der Waals surface area contributed by atoms with Gasteiger partial charge in [-0.15, -0.1) is 0 Å². The second-order valence-corrected chi connectivity index (χ2v) is 6.47. The van der Waals surface area contributed by atoms with Crippen LogP contribution < -0.4 is 10.1 Å². The molecule has 1 aromatic heterocycles. The summed E-state index contributed by atoms with van der Waals surface area (Å²) in [7, 11) is 1.66. The molecule has 0 fully saturated rings. The minimum atomic E-state index is 0.644. The average Bonchev–Trinajstić information content (AvgIpc) is 2.69. The van der Waals surface area contributed by atoms with Crippen molar-refractivity contribution in [2.24, 2.45) is 0 Å². The number of benzene rings is 2. The summed E-state index contributed by atoms with van der Waals surface area (Å²) in [5.41, 5.74) is 4.65. The number of fused-ring (bicyclic) bond motifs is 1. The van der Waals surface area contributed by atoms with E-state index in [0.29, 0.717) is 5.95 Å². The maximum atomic E-state index is 5.18. The lowest BCUT2D eigenvalue weighted by molar-refractivity contribution is 0.243. The van der Waals surface area contributed by atoms with Crippen molar-refractivity contribution in [1.82, 2.24) is 14.9 Å². The molecule has 1 aliphatic heterocycles. The van der Waals surface area contributed by atoms with E-state index in [2.05, 4.69) is 45.5 Å². The van der Waals surface area contributed by atoms with E-state index in [1.54, 1.807) is 7.11 Å². The standard InChI is InChI=1S/C21H22N4O/c1-26-19-9-7-18(8-10-19)23-21-22-13-17-15-25(12-11-20(17)24-21)14-16-5-3-2-4-6-16/h2-10,13H,11-12,14-15H2,1H3,(H,22,23,24). The molecular weight excluding hydrogens is 324 g/mol. The lowest BCUT2D eigenvalue weighted by atomic mass is 10.1. The Morgan fingerprint density at radius 1 is 1.08 bits per heavy atom. The fourth-order valence-electron chi connectivity index (χ4n) is 3.21. The van der Waals surface area contributed by atoms with Gasteiger partial charge in [-0.2, -0.15) is 0 Å². The molecule has 0 radical (unpaired) electrons. The Balaban J connectivity index is 1.43. The van der Waals surface area contributed by atoms with Crippen LogP contribution in [0.15, 0.2) is 60.8 Å². The Labute approximate surface area is 153 Å². The lowest BCUT2D eigenvalue weighted by Gasteiger charge is -2.28. The highest BCUT2D eigenvalue weighted by molar-refractivity contribution is 5.54. The van der Waals surface area contributed by atoms with Crippen LogP contribution in [0, 0.1) is 0 Å². The van der Waals surface area contributed by atoms with Gasteiger partial charge in [-0.3, -0.25) is 4.90 Å². The first-order valence-electron chi connectivity index (χ1n) is 8.82. The molecule has 5 nitrogen and oxygen atoms in total. The van der Waals surface area contributed by atoms with Crippen molar-refractivity contribution >= 4 is 11.6 Å². The molecule has 4 rings (SSSR count). The summed E-state index contributed by atoms with van der Waals surface area (Å²) in [4.78, 5) is 11.6. The van der Waals surface area contributed by atoms with Gasteiger partial charge in [-0.25, -0.2) is 9.97 Å². The van der Waals surface area contributed by atoms with Gasteiger partial charge in [0.15, 0.2) is 0 Å². The van der Waals surface area contributed by atoms with Gasteiger partial charge < -0.3 is 10.1 Å². The van der Waals surface area contributed by atoms with E-state index in [9.17, 15) is 0 Å². The topological polar surface area (TPSA) is 50.3 Å². The summed E-state index contributed by atoms with van der Waals surface area (Å²) in [6, 6.07) is 18.3. The molecular formula is C21H22N4O. The summed E-state index contributed by atoms with van der Waals surface area (Å²) >= 11 is 0. The third kappa shape index (κ3) is 3.83. The first kappa shape index (κ1) is 16.5. The Kier molecular flexibility index (Phi) is 4.80. The normalized spacial score (nSPS) is 13.9. The molecule has 5 heteroatoms. The third-order valence-corrected chi connectivity index (χ3v) is 4.61. The van der Waals surface area contributed by atoms with Gasteiger partial charge in [0.2, 0.25) is 5.95 Å². The van der Waals surface area contributed by atoms with Gasteiger partial charge in [-0.1, -0.05) is 30.3 Å². The first-order valence-corrected chi connectivity index (χ1v) is 8.82. The number of rotatable bonds is 5. The highest BCUT2D eigenvalue weighted by Gasteiger charge is 2.18. The van der Waals surface area contributed by atoms with Crippen molar-refractivity contribution in [2.45, 2.75) is 19.5 Å². The molecule has 0 aliphatic carbocycles. The summed E-state index contributed by atoms with van der Waals surface area (Å²) < 4.78 is 5.18. The third-order valence-electron chi connectivity index (χ3n) is 4.61. The van der Waals surface area contributed by atoms with Crippen molar-refractivity contribution in [3.8, 4) is 5.75 Å². The maximum Gasteiger partial charge on any atom is 0.227 e. The van der Waals surface area contributed by atoms with E-state index in [1.165, 1.54) is 11.1 Å². The number of nitrogens with one attached hydrogen (secondary N) is 1. The smallest absolute Gasteiger partial charge is 0.227 e.